The third-order valence-corrected chi connectivity index (χ3v) is 5.00. The Bertz CT molecular complexity index is 520. The Hall–Kier alpha value is -1.59. The zero-order chi connectivity index (χ0) is 16.8. The highest BCUT2D eigenvalue weighted by atomic mass is 16.5. The topological polar surface area (TPSA) is 53.6 Å². The molecule has 0 radical (unpaired) electrons. The van der Waals surface area contributed by atoms with Gasteiger partial charge < -0.3 is 20.3 Å². The average Bonchev–Trinajstić information content (AvgIpc) is 2.64. The first-order valence-corrected chi connectivity index (χ1v) is 9.22. The van der Waals surface area contributed by atoms with Crippen LogP contribution in [-0.2, 0) is 9.53 Å². The Kier molecular flexibility index (Phi) is 6.10. The number of hydrogen-bond donors (Lipinski definition) is 2. The molecule has 2 N–H and O–H groups in total. The van der Waals surface area contributed by atoms with Crippen molar-refractivity contribution in [3.05, 3.63) is 24.3 Å². The molecule has 2 aliphatic rings. The normalized spacial score (nSPS) is 20.6. The van der Waals surface area contributed by atoms with Crippen LogP contribution in [0.1, 0.15) is 39.0 Å². The molecule has 1 heterocycles. The lowest BCUT2D eigenvalue weighted by Crippen LogP contribution is -2.44. The molecule has 0 aromatic heterocycles. The van der Waals surface area contributed by atoms with Gasteiger partial charge in [-0.3, -0.25) is 4.79 Å². The van der Waals surface area contributed by atoms with Crippen LogP contribution in [0.15, 0.2) is 24.3 Å². The zero-order valence-electron chi connectivity index (χ0n) is 14.6. The Morgan fingerprint density at radius 3 is 2.46 bits per heavy atom. The van der Waals surface area contributed by atoms with E-state index >= 15 is 0 Å². The summed E-state index contributed by atoms with van der Waals surface area (Å²) in [5.74, 6) is 0.0414. The van der Waals surface area contributed by atoms with Crippen molar-refractivity contribution in [3.63, 3.8) is 0 Å². The van der Waals surface area contributed by atoms with Crippen molar-refractivity contribution in [1.82, 2.24) is 5.32 Å². The molecule has 132 valence electrons. The molecule has 1 atom stereocenters. The number of nitrogens with zero attached hydrogens (tertiary/aromatic N) is 1. The van der Waals surface area contributed by atoms with Crippen LogP contribution in [0.4, 0.5) is 11.4 Å². The molecule has 1 aliphatic carbocycles. The smallest absolute Gasteiger partial charge is 0.241 e. The van der Waals surface area contributed by atoms with Gasteiger partial charge in [0.1, 0.15) is 0 Å². The number of nitrogens with one attached hydrogen (secondary N) is 2. The number of hydrogen-bond acceptors (Lipinski definition) is 4. The maximum atomic E-state index is 12.4. The van der Waals surface area contributed by atoms with Crippen molar-refractivity contribution in [2.75, 3.05) is 36.5 Å². The lowest BCUT2D eigenvalue weighted by Gasteiger charge is -2.29. The van der Waals surface area contributed by atoms with Crippen molar-refractivity contribution in [1.29, 1.82) is 0 Å². The second kappa shape index (κ2) is 8.49. The van der Waals surface area contributed by atoms with E-state index in [0.717, 1.165) is 32.0 Å². The van der Waals surface area contributed by atoms with Gasteiger partial charge in [0.15, 0.2) is 0 Å². The fourth-order valence-electron chi connectivity index (χ4n) is 3.53. The SMILES string of the molecule is C[C@H](NC1CCCCC1)C(=O)Nc1ccc(N2CCOCC2)cc1. The molecule has 1 saturated heterocycles. The molecule has 1 amide bonds. The molecular weight excluding hydrogens is 302 g/mol. The summed E-state index contributed by atoms with van der Waals surface area (Å²) < 4.78 is 5.38. The number of carbonyl (C=O) groups excluding carboxylic acids is 1. The Morgan fingerprint density at radius 1 is 1.12 bits per heavy atom. The lowest BCUT2D eigenvalue weighted by molar-refractivity contribution is -0.118. The van der Waals surface area contributed by atoms with Crippen molar-refractivity contribution in [3.8, 4) is 0 Å². The molecule has 24 heavy (non-hydrogen) atoms. The van der Waals surface area contributed by atoms with Crippen LogP contribution in [0, 0.1) is 0 Å². The van der Waals surface area contributed by atoms with Gasteiger partial charge >= 0.3 is 0 Å². The van der Waals surface area contributed by atoms with Crippen molar-refractivity contribution in [2.24, 2.45) is 0 Å². The van der Waals surface area contributed by atoms with E-state index in [0.29, 0.717) is 6.04 Å². The van der Waals surface area contributed by atoms with Gasteiger partial charge in [-0.1, -0.05) is 19.3 Å². The molecule has 5 nitrogen and oxygen atoms in total. The van der Waals surface area contributed by atoms with Crippen molar-refractivity contribution < 1.29 is 9.53 Å². The molecule has 0 unspecified atom stereocenters. The van der Waals surface area contributed by atoms with Crippen LogP contribution >= 0.6 is 0 Å². The highest BCUT2D eigenvalue weighted by Crippen LogP contribution is 2.20. The minimum atomic E-state index is -0.160. The van der Waals surface area contributed by atoms with Crippen LogP contribution in [0.2, 0.25) is 0 Å². The number of carbonyl (C=O) groups is 1. The number of benzene rings is 1. The number of morpholine rings is 1. The van der Waals surface area contributed by atoms with Gasteiger partial charge in [-0.05, 0) is 44.0 Å². The highest BCUT2D eigenvalue weighted by molar-refractivity contribution is 5.94. The molecule has 1 aromatic rings. The first-order valence-electron chi connectivity index (χ1n) is 9.22. The minimum Gasteiger partial charge on any atom is -0.378 e. The van der Waals surface area contributed by atoms with Crippen LogP contribution < -0.4 is 15.5 Å². The van der Waals surface area contributed by atoms with Crippen LogP contribution in [0.25, 0.3) is 0 Å². The van der Waals surface area contributed by atoms with Crippen molar-refractivity contribution in [2.45, 2.75) is 51.1 Å². The van der Waals surface area contributed by atoms with E-state index < -0.39 is 0 Å². The Morgan fingerprint density at radius 2 is 1.79 bits per heavy atom. The molecule has 1 aromatic carbocycles. The van der Waals surface area contributed by atoms with E-state index in [9.17, 15) is 4.79 Å². The van der Waals surface area contributed by atoms with Gasteiger partial charge in [0, 0.05) is 30.5 Å². The van der Waals surface area contributed by atoms with Gasteiger partial charge in [-0.15, -0.1) is 0 Å². The minimum absolute atomic E-state index is 0.0414. The largest absolute Gasteiger partial charge is 0.378 e. The maximum absolute atomic E-state index is 12.4. The molecule has 1 aliphatic heterocycles. The Labute approximate surface area is 144 Å². The first kappa shape index (κ1) is 17.2. The van der Waals surface area contributed by atoms with E-state index in [-0.39, 0.29) is 11.9 Å². The van der Waals surface area contributed by atoms with Gasteiger partial charge in [0.05, 0.1) is 19.3 Å². The molecule has 0 bridgehead atoms. The fourth-order valence-corrected chi connectivity index (χ4v) is 3.53. The molecular formula is C19H29N3O2. The Balaban J connectivity index is 1.50. The quantitative estimate of drug-likeness (QED) is 0.871. The highest BCUT2D eigenvalue weighted by Gasteiger charge is 2.20. The number of anilines is 2. The third kappa shape index (κ3) is 4.71. The third-order valence-electron chi connectivity index (χ3n) is 5.00. The molecule has 1 saturated carbocycles. The van der Waals surface area contributed by atoms with Crippen molar-refractivity contribution >= 4 is 17.3 Å². The maximum Gasteiger partial charge on any atom is 0.241 e. The van der Waals surface area contributed by atoms with Gasteiger partial charge in [-0.25, -0.2) is 0 Å². The zero-order valence-corrected chi connectivity index (χ0v) is 14.6. The van der Waals surface area contributed by atoms with Gasteiger partial charge in [-0.2, -0.15) is 0 Å². The predicted octanol–water partition coefficient (Wildman–Crippen LogP) is 2.77. The summed E-state index contributed by atoms with van der Waals surface area (Å²) in [6, 6.07) is 8.43. The van der Waals surface area contributed by atoms with E-state index in [1.54, 1.807) is 0 Å². The second-order valence-electron chi connectivity index (χ2n) is 6.86. The summed E-state index contributed by atoms with van der Waals surface area (Å²) in [5.41, 5.74) is 2.04. The molecule has 2 fully saturated rings. The second-order valence-corrected chi connectivity index (χ2v) is 6.86. The average molecular weight is 331 g/mol. The molecule has 0 spiro atoms. The fraction of sp³-hybridized carbons (Fsp3) is 0.632. The molecule has 3 rings (SSSR count). The van der Waals surface area contributed by atoms with E-state index in [4.69, 9.17) is 4.74 Å². The summed E-state index contributed by atoms with van der Waals surface area (Å²) >= 11 is 0. The van der Waals surface area contributed by atoms with Gasteiger partial charge in [0.25, 0.3) is 0 Å². The lowest BCUT2D eigenvalue weighted by atomic mass is 9.95. The summed E-state index contributed by atoms with van der Waals surface area (Å²) in [4.78, 5) is 14.7. The van der Waals surface area contributed by atoms with Crippen LogP contribution in [0.5, 0.6) is 0 Å². The summed E-state index contributed by atoms with van der Waals surface area (Å²) in [6.45, 7) is 5.36. The number of amides is 1. The van der Waals surface area contributed by atoms with E-state index in [2.05, 4.69) is 27.7 Å². The summed E-state index contributed by atoms with van der Waals surface area (Å²) in [5, 5.41) is 6.48. The van der Waals surface area contributed by atoms with E-state index in [1.165, 1.54) is 37.8 Å². The standard InChI is InChI=1S/C19H29N3O2/c1-15(20-16-5-3-2-4-6-16)19(23)21-17-7-9-18(10-8-17)22-11-13-24-14-12-22/h7-10,15-16,20H,2-6,11-14H2,1H3,(H,21,23)/t15-/m0/s1. The van der Waals surface area contributed by atoms with Gasteiger partial charge in [0.2, 0.25) is 5.91 Å². The van der Waals surface area contributed by atoms with E-state index in [1.807, 2.05) is 19.1 Å². The van der Waals surface area contributed by atoms with Crippen LogP contribution in [0.3, 0.4) is 0 Å². The van der Waals surface area contributed by atoms with Crippen LogP contribution in [-0.4, -0.2) is 44.3 Å². The molecule has 5 heteroatoms. The monoisotopic (exact) mass is 331 g/mol. The number of rotatable bonds is 5. The number of ether oxygens (including phenoxy) is 1. The summed E-state index contributed by atoms with van der Waals surface area (Å²) in [6.07, 6.45) is 6.25. The first-order chi connectivity index (χ1) is 11.7. The predicted molar refractivity (Wildman–Crippen MR) is 97.6 cm³/mol. The summed E-state index contributed by atoms with van der Waals surface area (Å²) in [7, 11) is 0.